The largest absolute Gasteiger partial charge is 0.462 e. The second-order valence-electron chi connectivity index (χ2n) is 9.87. The van der Waals surface area contributed by atoms with Gasteiger partial charge in [-0.05, 0) is 52.8 Å². The number of nitrogens with zero attached hydrogens (tertiary/aromatic N) is 3. The van der Waals surface area contributed by atoms with Crippen LogP contribution in [0.1, 0.15) is 40.8 Å². The number of pyridine rings is 1. The minimum atomic E-state index is -4.25. The lowest BCUT2D eigenvalue weighted by molar-refractivity contribution is -0.149. The van der Waals surface area contributed by atoms with E-state index in [9.17, 15) is 14.5 Å². The number of halogens is 1. The van der Waals surface area contributed by atoms with E-state index in [1.165, 1.54) is 24.7 Å². The molecular formula is C26H35FN5O7P. The lowest BCUT2D eigenvalue weighted by atomic mass is 9.98. The molecule has 3 aromatic rings. The van der Waals surface area contributed by atoms with Gasteiger partial charge < -0.3 is 24.4 Å². The van der Waals surface area contributed by atoms with Crippen molar-refractivity contribution in [2.75, 3.05) is 18.5 Å². The molecule has 1 aliphatic rings. The highest BCUT2D eigenvalue weighted by atomic mass is 31.2. The molecule has 1 aliphatic heterocycles. The highest BCUT2D eigenvalue weighted by Crippen LogP contribution is 2.48. The number of fused-ring (bicyclic) bond motifs is 1. The fourth-order valence-electron chi connectivity index (χ4n) is 4.29. The Morgan fingerprint density at radius 2 is 1.98 bits per heavy atom. The molecule has 1 fully saturated rings. The average molecular weight is 580 g/mol. The topological polar surface area (TPSA) is 146 Å². The number of benzene rings is 1. The number of para-hydroxylation sites is 1. The summed E-state index contributed by atoms with van der Waals surface area (Å²) < 4.78 is 53.5. The van der Waals surface area contributed by atoms with Gasteiger partial charge in [-0.25, -0.2) is 18.9 Å². The predicted molar refractivity (Wildman–Crippen MR) is 146 cm³/mol. The zero-order valence-corrected chi connectivity index (χ0v) is 23.9. The number of carbonyl (C=O) groups is 1. The number of aromatic nitrogens is 3. The Labute approximate surface area is 231 Å². The van der Waals surface area contributed by atoms with Gasteiger partial charge in [0.15, 0.2) is 17.5 Å². The first kappa shape index (κ1) is 29.9. The fourth-order valence-corrected chi connectivity index (χ4v) is 5.80. The van der Waals surface area contributed by atoms with Crippen molar-refractivity contribution >= 4 is 30.6 Å². The van der Waals surface area contributed by atoms with Crippen LogP contribution in [0.25, 0.3) is 11.2 Å². The van der Waals surface area contributed by atoms with E-state index in [-0.39, 0.29) is 5.75 Å². The lowest BCUT2D eigenvalue weighted by Gasteiger charge is -2.25. The molecule has 0 unspecified atom stereocenters. The van der Waals surface area contributed by atoms with E-state index in [2.05, 4.69) is 20.4 Å². The first-order valence-electron chi connectivity index (χ1n) is 13.0. The summed E-state index contributed by atoms with van der Waals surface area (Å²) in [5, 5.41) is 16.6. The minimum Gasteiger partial charge on any atom is -0.462 e. The summed E-state index contributed by atoms with van der Waals surface area (Å²) in [6.45, 7) is 8.08. The highest BCUT2D eigenvalue weighted by molar-refractivity contribution is 7.52. The first-order chi connectivity index (χ1) is 18.9. The number of carbonyl (C=O) groups excluding carboxylic acids is 1. The van der Waals surface area contributed by atoms with Crippen LogP contribution >= 0.6 is 7.75 Å². The average Bonchev–Trinajstić information content (AvgIpc) is 3.42. The lowest BCUT2D eigenvalue weighted by Crippen LogP contribution is -2.41. The molecule has 4 rings (SSSR count). The van der Waals surface area contributed by atoms with Crippen molar-refractivity contribution in [1.29, 1.82) is 0 Å². The number of hydrogen-bond donors (Lipinski definition) is 3. The van der Waals surface area contributed by atoms with E-state index < -0.39 is 56.6 Å². The van der Waals surface area contributed by atoms with E-state index in [0.29, 0.717) is 17.7 Å². The Hall–Kier alpha value is -3.09. The SMILES string of the molecule is CCNc1ccnc2c1ncn2[C@@H]1O[C@H](CO[P@](=O)(N[C@H](C)C(=O)OC(C)C)Oc2ccccc2)[C@@H](O)[C@@]1(C)F. The van der Waals surface area contributed by atoms with Gasteiger partial charge in [-0.15, -0.1) is 0 Å². The van der Waals surface area contributed by atoms with Crippen molar-refractivity contribution in [1.82, 2.24) is 19.6 Å². The molecule has 1 aromatic carbocycles. The van der Waals surface area contributed by atoms with Crippen LogP contribution in [0.4, 0.5) is 10.1 Å². The van der Waals surface area contributed by atoms with E-state index in [0.717, 1.165) is 5.69 Å². The van der Waals surface area contributed by atoms with Crippen molar-refractivity contribution in [3.63, 3.8) is 0 Å². The summed E-state index contributed by atoms with van der Waals surface area (Å²) in [6, 6.07) is 8.89. The number of ether oxygens (including phenoxy) is 2. The van der Waals surface area contributed by atoms with Gasteiger partial charge in [0.05, 0.1) is 24.7 Å². The third kappa shape index (κ3) is 6.45. The van der Waals surface area contributed by atoms with Crippen LogP contribution in [0.3, 0.4) is 0 Å². The maximum absolute atomic E-state index is 16.0. The Morgan fingerprint density at radius 1 is 1.25 bits per heavy atom. The maximum Gasteiger partial charge on any atom is 0.459 e. The third-order valence-electron chi connectivity index (χ3n) is 6.23. The summed E-state index contributed by atoms with van der Waals surface area (Å²) in [7, 11) is -4.25. The van der Waals surface area contributed by atoms with Crippen LogP contribution in [-0.4, -0.2) is 68.8 Å². The molecule has 12 nitrogen and oxygen atoms in total. The second kappa shape index (κ2) is 12.2. The molecule has 2 aromatic heterocycles. The van der Waals surface area contributed by atoms with E-state index in [1.807, 2.05) is 6.92 Å². The number of esters is 1. The normalized spacial score (nSPS) is 25.1. The van der Waals surface area contributed by atoms with E-state index in [1.54, 1.807) is 56.4 Å². The Morgan fingerprint density at radius 3 is 2.65 bits per heavy atom. The summed E-state index contributed by atoms with van der Waals surface area (Å²) >= 11 is 0. The number of aliphatic hydroxyl groups excluding tert-OH is 1. The molecule has 40 heavy (non-hydrogen) atoms. The molecule has 0 bridgehead atoms. The van der Waals surface area contributed by atoms with Gasteiger partial charge in [-0.1, -0.05) is 18.2 Å². The van der Waals surface area contributed by atoms with Gasteiger partial charge >= 0.3 is 13.7 Å². The van der Waals surface area contributed by atoms with Gasteiger partial charge in [0.1, 0.15) is 29.5 Å². The van der Waals surface area contributed by atoms with Gasteiger partial charge in [0.25, 0.3) is 0 Å². The van der Waals surface area contributed by atoms with Crippen LogP contribution < -0.4 is 14.9 Å². The van der Waals surface area contributed by atoms with E-state index in [4.69, 9.17) is 18.5 Å². The Balaban J connectivity index is 1.54. The summed E-state index contributed by atoms with van der Waals surface area (Å²) in [6.07, 6.45) is -1.66. The number of imidazole rings is 1. The maximum atomic E-state index is 16.0. The second-order valence-corrected chi connectivity index (χ2v) is 11.6. The molecule has 0 amide bonds. The van der Waals surface area contributed by atoms with Crippen LogP contribution in [0.5, 0.6) is 5.75 Å². The molecule has 0 radical (unpaired) electrons. The monoisotopic (exact) mass is 579 g/mol. The molecule has 0 aliphatic carbocycles. The number of aliphatic hydroxyl groups is 1. The number of rotatable bonds is 12. The van der Waals surface area contributed by atoms with Crippen molar-refractivity contribution in [2.24, 2.45) is 0 Å². The van der Waals surface area contributed by atoms with E-state index >= 15 is 4.39 Å². The Kier molecular flexibility index (Phi) is 9.11. The zero-order valence-electron chi connectivity index (χ0n) is 23.0. The number of hydrogen-bond acceptors (Lipinski definition) is 10. The van der Waals surface area contributed by atoms with Crippen molar-refractivity contribution in [3.8, 4) is 5.75 Å². The van der Waals surface area contributed by atoms with Crippen LogP contribution in [0, 0.1) is 0 Å². The molecule has 3 N–H and O–H groups in total. The minimum absolute atomic E-state index is 0.205. The van der Waals surface area contributed by atoms with Crippen LogP contribution in [0.2, 0.25) is 0 Å². The van der Waals surface area contributed by atoms with Crippen molar-refractivity contribution < 1.29 is 37.4 Å². The van der Waals surface area contributed by atoms with Gasteiger partial charge in [-0.3, -0.25) is 13.9 Å². The smallest absolute Gasteiger partial charge is 0.459 e. The molecule has 14 heteroatoms. The van der Waals surface area contributed by atoms with Crippen molar-refractivity contribution in [3.05, 3.63) is 48.9 Å². The number of alkyl halides is 1. The number of nitrogens with one attached hydrogen (secondary N) is 2. The molecule has 6 atom stereocenters. The molecule has 3 heterocycles. The van der Waals surface area contributed by atoms with Crippen LogP contribution in [0.15, 0.2) is 48.9 Å². The summed E-state index contributed by atoms with van der Waals surface area (Å²) in [5.74, 6) is -0.461. The summed E-state index contributed by atoms with van der Waals surface area (Å²) in [5.41, 5.74) is -0.687. The standard InChI is InChI=1S/C26H35FN5O7P/c1-6-28-19-12-13-29-23-21(19)30-15-32(23)25-26(5,27)22(33)20(38-25)14-36-40(35,39-18-10-8-7-9-11-18)31-17(4)24(34)37-16(2)3/h7-13,15-17,20,22,25,33H,6,14H2,1-5H3,(H,28,29)(H,31,35)/t17-,20-,22-,25-,26-,40-/m1/s1. The molecule has 0 saturated carbocycles. The van der Waals surface area contributed by atoms with Crippen LogP contribution in [-0.2, 0) is 23.4 Å². The Bertz CT molecular complexity index is 1360. The van der Waals surface area contributed by atoms with Crippen molar-refractivity contribution in [2.45, 2.75) is 70.9 Å². The summed E-state index contributed by atoms with van der Waals surface area (Å²) in [4.78, 5) is 21.1. The van der Waals surface area contributed by atoms with Gasteiger partial charge in [0.2, 0.25) is 0 Å². The first-order valence-corrected chi connectivity index (χ1v) is 14.5. The molecular weight excluding hydrogens is 544 g/mol. The third-order valence-corrected chi connectivity index (χ3v) is 7.88. The molecule has 0 spiro atoms. The molecule has 1 saturated heterocycles. The molecule has 218 valence electrons. The van der Waals surface area contributed by atoms with Gasteiger partial charge in [-0.2, -0.15) is 5.09 Å². The fraction of sp³-hybridized carbons (Fsp3) is 0.500. The van der Waals surface area contributed by atoms with Gasteiger partial charge in [0, 0.05) is 12.7 Å². The predicted octanol–water partition coefficient (Wildman–Crippen LogP) is 3.98. The number of anilines is 1. The highest BCUT2D eigenvalue weighted by Gasteiger charge is 2.56. The zero-order chi connectivity index (χ0) is 29.1. The quantitative estimate of drug-likeness (QED) is 0.212.